The fourth-order valence-electron chi connectivity index (χ4n) is 1.53. The van der Waals surface area contributed by atoms with Crippen molar-refractivity contribution in [2.45, 2.75) is 13.0 Å². The van der Waals surface area contributed by atoms with Gasteiger partial charge in [-0.1, -0.05) is 6.92 Å². The number of hydrogen-bond acceptors (Lipinski definition) is 5. The molecule has 19 heavy (non-hydrogen) atoms. The van der Waals surface area contributed by atoms with Crippen molar-refractivity contribution >= 4 is 5.91 Å². The number of rotatable bonds is 8. The lowest BCUT2D eigenvalue weighted by Crippen LogP contribution is -2.45. The Morgan fingerprint density at radius 2 is 1.74 bits per heavy atom. The van der Waals surface area contributed by atoms with Crippen LogP contribution in [0.4, 0.5) is 0 Å². The van der Waals surface area contributed by atoms with E-state index in [9.17, 15) is 4.79 Å². The SMILES string of the molecule is CCNC(COc1cc(OC)cc(OC)c1)C(N)=O. The van der Waals surface area contributed by atoms with Gasteiger partial charge in [-0.2, -0.15) is 0 Å². The maximum absolute atomic E-state index is 11.2. The molecule has 1 aromatic carbocycles. The van der Waals surface area contributed by atoms with Crippen LogP contribution in [0.25, 0.3) is 0 Å². The maximum atomic E-state index is 11.2. The summed E-state index contributed by atoms with van der Waals surface area (Å²) in [6.07, 6.45) is 0. The molecule has 3 N–H and O–H groups in total. The highest BCUT2D eigenvalue weighted by Crippen LogP contribution is 2.27. The first kappa shape index (κ1) is 15.1. The molecule has 0 aliphatic carbocycles. The van der Waals surface area contributed by atoms with Crippen LogP contribution in [0.5, 0.6) is 17.2 Å². The normalized spacial score (nSPS) is 11.7. The molecule has 1 rings (SSSR count). The lowest BCUT2D eigenvalue weighted by atomic mass is 10.3. The summed E-state index contributed by atoms with van der Waals surface area (Å²) in [6.45, 7) is 2.68. The summed E-state index contributed by atoms with van der Waals surface area (Å²) in [7, 11) is 3.12. The van der Waals surface area contributed by atoms with Crippen molar-refractivity contribution in [2.75, 3.05) is 27.4 Å². The Morgan fingerprint density at radius 3 is 2.16 bits per heavy atom. The van der Waals surface area contributed by atoms with Crippen molar-refractivity contribution in [2.24, 2.45) is 5.73 Å². The van der Waals surface area contributed by atoms with E-state index in [1.165, 1.54) is 0 Å². The number of carbonyl (C=O) groups is 1. The lowest BCUT2D eigenvalue weighted by Gasteiger charge is -2.16. The number of ether oxygens (including phenoxy) is 3. The van der Waals surface area contributed by atoms with E-state index in [1.807, 2.05) is 6.92 Å². The fourth-order valence-corrected chi connectivity index (χ4v) is 1.53. The molecule has 0 bridgehead atoms. The summed E-state index contributed by atoms with van der Waals surface area (Å²) >= 11 is 0. The van der Waals surface area contributed by atoms with E-state index in [-0.39, 0.29) is 6.61 Å². The number of likely N-dealkylation sites (N-methyl/N-ethyl adjacent to an activating group) is 1. The average molecular weight is 268 g/mol. The van der Waals surface area contributed by atoms with Crippen LogP contribution in [-0.4, -0.2) is 39.3 Å². The van der Waals surface area contributed by atoms with Gasteiger partial charge in [0.2, 0.25) is 5.91 Å². The highest BCUT2D eigenvalue weighted by Gasteiger charge is 2.15. The van der Waals surface area contributed by atoms with Gasteiger partial charge in [0.15, 0.2) is 0 Å². The highest BCUT2D eigenvalue weighted by molar-refractivity contribution is 5.80. The lowest BCUT2D eigenvalue weighted by molar-refractivity contribution is -0.120. The molecule has 0 saturated heterocycles. The summed E-state index contributed by atoms with van der Waals surface area (Å²) in [5, 5.41) is 2.95. The number of carbonyl (C=O) groups excluding carboxylic acids is 1. The Hall–Kier alpha value is -1.95. The zero-order chi connectivity index (χ0) is 14.3. The molecule has 0 radical (unpaired) electrons. The second kappa shape index (κ2) is 7.48. The van der Waals surface area contributed by atoms with Gasteiger partial charge in [0, 0.05) is 18.2 Å². The van der Waals surface area contributed by atoms with E-state index in [0.717, 1.165) is 0 Å². The van der Waals surface area contributed by atoms with E-state index in [4.69, 9.17) is 19.9 Å². The number of nitrogens with two attached hydrogens (primary N) is 1. The zero-order valence-corrected chi connectivity index (χ0v) is 11.4. The predicted molar refractivity (Wildman–Crippen MR) is 71.7 cm³/mol. The van der Waals surface area contributed by atoms with Gasteiger partial charge in [-0.3, -0.25) is 4.79 Å². The van der Waals surface area contributed by atoms with Gasteiger partial charge in [-0.05, 0) is 6.54 Å². The summed E-state index contributed by atoms with van der Waals surface area (Å²) in [6, 6.07) is 4.64. The summed E-state index contributed by atoms with van der Waals surface area (Å²) in [5.41, 5.74) is 5.27. The largest absolute Gasteiger partial charge is 0.496 e. The molecule has 0 aliphatic rings. The highest BCUT2D eigenvalue weighted by atomic mass is 16.5. The predicted octanol–water partition coefficient (Wildman–Crippen LogP) is 0.546. The second-order valence-corrected chi connectivity index (χ2v) is 3.87. The van der Waals surface area contributed by atoms with Crippen LogP contribution >= 0.6 is 0 Å². The molecule has 6 heteroatoms. The van der Waals surface area contributed by atoms with E-state index < -0.39 is 11.9 Å². The van der Waals surface area contributed by atoms with Crippen molar-refractivity contribution in [1.29, 1.82) is 0 Å². The first-order chi connectivity index (χ1) is 9.10. The van der Waals surface area contributed by atoms with Gasteiger partial charge in [0.25, 0.3) is 0 Å². The molecule has 1 amide bonds. The first-order valence-electron chi connectivity index (χ1n) is 5.99. The Bertz CT molecular complexity index is 401. The van der Waals surface area contributed by atoms with Gasteiger partial charge >= 0.3 is 0 Å². The molecule has 0 fully saturated rings. The number of nitrogens with one attached hydrogen (secondary N) is 1. The van der Waals surface area contributed by atoms with Crippen molar-refractivity contribution in [3.8, 4) is 17.2 Å². The van der Waals surface area contributed by atoms with Gasteiger partial charge in [-0.15, -0.1) is 0 Å². The van der Waals surface area contributed by atoms with Gasteiger partial charge in [-0.25, -0.2) is 0 Å². The second-order valence-electron chi connectivity index (χ2n) is 3.87. The first-order valence-corrected chi connectivity index (χ1v) is 5.99. The minimum absolute atomic E-state index is 0.152. The van der Waals surface area contributed by atoms with Crippen LogP contribution in [0.15, 0.2) is 18.2 Å². The molecule has 1 aromatic rings. The van der Waals surface area contributed by atoms with E-state index >= 15 is 0 Å². The van der Waals surface area contributed by atoms with Crippen LogP contribution in [0, 0.1) is 0 Å². The number of amides is 1. The topological polar surface area (TPSA) is 82.8 Å². The summed E-state index contributed by atoms with van der Waals surface area (Å²) in [5.74, 6) is 1.35. The number of benzene rings is 1. The van der Waals surface area contributed by atoms with Crippen molar-refractivity contribution in [3.63, 3.8) is 0 Å². The Balaban J connectivity index is 2.72. The molecule has 0 saturated carbocycles. The third-order valence-electron chi connectivity index (χ3n) is 2.54. The van der Waals surface area contributed by atoms with Crippen LogP contribution < -0.4 is 25.3 Å². The molecule has 1 atom stereocenters. The Labute approximate surface area is 112 Å². The molecular weight excluding hydrogens is 248 g/mol. The van der Waals surface area contributed by atoms with Gasteiger partial charge in [0.1, 0.15) is 29.9 Å². The van der Waals surface area contributed by atoms with Gasteiger partial charge < -0.3 is 25.3 Å². The van der Waals surface area contributed by atoms with Crippen LogP contribution in [-0.2, 0) is 4.79 Å². The molecule has 0 spiro atoms. The zero-order valence-electron chi connectivity index (χ0n) is 11.4. The summed E-state index contributed by atoms with van der Waals surface area (Å²) < 4.78 is 15.8. The van der Waals surface area contributed by atoms with E-state index in [2.05, 4.69) is 5.32 Å². The molecule has 0 aromatic heterocycles. The van der Waals surface area contributed by atoms with Crippen molar-refractivity contribution in [3.05, 3.63) is 18.2 Å². The standard InChI is InChI=1S/C13H20N2O4/c1-4-15-12(13(14)16)8-19-11-6-9(17-2)5-10(7-11)18-3/h5-7,12,15H,4,8H2,1-3H3,(H2,14,16). The van der Waals surface area contributed by atoms with Crippen molar-refractivity contribution in [1.82, 2.24) is 5.32 Å². The fraction of sp³-hybridized carbons (Fsp3) is 0.462. The van der Waals surface area contributed by atoms with Crippen LogP contribution in [0.1, 0.15) is 6.92 Å². The molecule has 0 heterocycles. The monoisotopic (exact) mass is 268 g/mol. The number of methoxy groups -OCH3 is 2. The minimum Gasteiger partial charge on any atom is -0.496 e. The van der Waals surface area contributed by atoms with Crippen LogP contribution in [0.3, 0.4) is 0 Å². The number of primary amides is 1. The molecule has 1 unspecified atom stereocenters. The van der Waals surface area contributed by atoms with Crippen LogP contribution in [0.2, 0.25) is 0 Å². The smallest absolute Gasteiger partial charge is 0.238 e. The Kier molecular flexibility index (Phi) is 5.95. The third kappa shape index (κ3) is 4.67. The third-order valence-corrected chi connectivity index (χ3v) is 2.54. The molecule has 6 nitrogen and oxygen atoms in total. The van der Waals surface area contributed by atoms with Crippen molar-refractivity contribution < 1.29 is 19.0 Å². The quantitative estimate of drug-likeness (QED) is 0.719. The average Bonchev–Trinajstić information content (AvgIpc) is 2.42. The molecule has 106 valence electrons. The number of hydrogen-bond donors (Lipinski definition) is 2. The summed E-state index contributed by atoms with van der Waals surface area (Å²) in [4.78, 5) is 11.2. The molecular formula is C13H20N2O4. The Morgan fingerprint density at radius 1 is 1.21 bits per heavy atom. The minimum atomic E-state index is -0.526. The van der Waals surface area contributed by atoms with Gasteiger partial charge in [0.05, 0.1) is 14.2 Å². The van der Waals surface area contributed by atoms with E-state index in [1.54, 1.807) is 32.4 Å². The molecule has 0 aliphatic heterocycles. The maximum Gasteiger partial charge on any atom is 0.238 e. The van der Waals surface area contributed by atoms with E-state index in [0.29, 0.717) is 23.8 Å².